The van der Waals surface area contributed by atoms with Gasteiger partial charge >= 0.3 is 0 Å². The predicted octanol–water partition coefficient (Wildman–Crippen LogP) is 4.33. The van der Waals surface area contributed by atoms with Gasteiger partial charge in [0, 0.05) is 18.7 Å². The van der Waals surface area contributed by atoms with E-state index in [1.165, 1.54) is 50.5 Å². The number of amides is 1. The molecular formula is C18H25NO. The Bertz CT molecular complexity index is 445. The predicted molar refractivity (Wildman–Crippen MR) is 82.9 cm³/mol. The lowest BCUT2D eigenvalue weighted by Crippen LogP contribution is -2.23. The van der Waals surface area contributed by atoms with Gasteiger partial charge in [0.1, 0.15) is 0 Å². The molecule has 0 aromatic heterocycles. The fraction of sp³-hybridized carbons (Fsp3) is 0.611. The third-order valence-corrected chi connectivity index (χ3v) is 4.89. The van der Waals surface area contributed by atoms with Gasteiger partial charge in [0.2, 0.25) is 5.91 Å². The Morgan fingerprint density at radius 1 is 1.00 bits per heavy atom. The SMILES string of the molecule is O=C1CCCN1c1ccc(CCC2CCCCC2)cc1. The number of nitrogens with zero attached hydrogens (tertiary/aromatic N) is 1. The van der Waals surface area contributed by atoms with Crippen molar-refractivity contribution >= 4 is 11.6 Å². The normalized spacial score (nSPS) is 20.6. The van der Waals surface area contributed by atoms with Gasteiger partial charge in [-0.25, -0.2) is 0 Å². The Hall–Kier alpha value is -1.31. The molecule has 1 aliphatic heterocycles. The molecule has 2 nitrogen and oxygen atoms in total. The minimum Gasteiger partial charge on any atom is -0.312 e. The summed E-state index contributed by atoms with van der Waals surface area (Å²) >= 11 is 0. The molecule has 1 aliphatic carbocycles. The lowest BCUT2D eigenvalue weighted by molar-refractivity contribution is -0.117. The third kappa shape index (κ3) is 3.23. The molecule has 1 aromatic carbocycles. The van der Waals surface area contributed by atoms with Crippen LogP contribution >= 0.6 is 0 Å². The second-order valence-corrected chi connectivity index (χ2v) is 6.36. The number of hydrogen-bond acceptors (Lipinski definition) is 1. The van der Waals surface area contributed by atoms with Crippen molar-refractivity contribution in [2.24, 2.45) is 5.92 Å². The van der Waals surface area contributed by atoms with Gasteiger partial charge in [-0.05, 0) is 42.9 Å². The second-order valence-electron chi connectivity index (χ2n) is 6.36. The maximum Gasteiger partial charge on any atom is 0.227 e. The summed E-state index contributed by atoms with van der Waals surface area (Å²) in [4.78, 5) is 13.6. The molecule has 1 heterocycles. The minimum absolute atomic E-state index is 0.278. The van der Waals surface area contributed by atoms with Crippen LogP contribution in [0.15, 0.2) is 24.3 Å². The van der Waals surface area contributed by atoms with Gasteiger partial charge in [0.05, 0.1) is 0 Å². The molecule has 0 unspecified atom stereocenters. The molecule has 0 bridgehead atoms. The monoisotopic (exact) mass is 271 g/mol. The van der Waals surface area contributed by atoms with Crippen molar-refractivity contribution < 1.29 is 4.79 Å². The van der Waals surface area contributed by atoms with E-state index in [0.717, 1.165) is 24.6 Å². The number of benzene rings is 1. The van der Waals surface area contributed by atoms with Crippen LogP contribution in [-0.4, -0.2) is 12.5 Å². The molecule has 0 atom stereocenters. The first-order chi connectivity index (χ1) is 9.83. The van der Waals surface area contributed by atoms with Crippen LogP contribution in [0.2, 0.25) is 0 Å². The van der Waals surface area contributed by atoms with Crippen molar-refractivity contribution in [3.8, 4) is 0 Å². The number of aryl methyl sites for hydroxylation is 1. The van der Waals surface area contributed by atoms with Crippen LogP contribution in [0.25, 0.3) is 0 Å². The first-order valence-electron chi connectivity index (χ1n) is 8.22. The molecule has 1 amide bonds. The maximum atomic E-state index is 11.7. The number of carbonyl (C=O) groups excluding carboxylic acids is 1. The van der Waals surface area contributed by atoms with Crippen molar-refractivity contribution in [2.45, 2.75) is 57.8 Å². The third-order valence-electron chi connectivity index (χ3n) is 4.89. The summed E-state index contributed by atoms with van der Waals surface area (Å²) in [5.41, 5.74) is 2.50. The molecule has 2 heteroatoms. The van der Waals surface area contributed by atoms with Crippen LogP contribution < -0.4 is 4.90 Å². The zero-order chi connectivity index (χ0) is 13.8. The van der Waals surface area contributed by atoms with Crippen molar-refractivity contribution in [3.05, 3.63) is 29.8 Å². The Morgan fingerprint density at radius 3 is 2.40 bits per heavy atom. The summed E-state index contributed by atoms with van der Waals surface area (Å²) in [7, 11) is 0. The fourth-order valence-electron chi connectivity index (χ4n) is 3.61. The quantitative estimate of drug-likeness (QED) is 0.798. The topological polar surface area (TPSA) is 20.3 Å². The van der Waals surface area contributed by atoms with Gasteiger partial charge < -0.3 is 4.90 Å². The zero-order valence-corrected chi connectivity index (χ0v) is 12.3. The number of anilines is 1. The van der Waals surface area contributed by atoms with Crippen molar-refractivity contribution in [2.75, 3.05) is 11.4 Å². The van der Waals surface area contributed by atoms with Crippen molar-refractivity contribution in [3.63, 3.8) is 0 Å². The minimum atomic E-state index is 0.278. The van der Waals surface area contributed by atoms with Crippen LogP contribution in [0.3, 0.4) is 0 Å². The molecule has 1 saturated carbocycles. The highest BCUT2D eigenvalue weighted by molar-refractivity contribution is 5.95. The van der Waals surface area contributed by atoms with Crippen LogP contribution in [-0.2, 0) is 11.2 Å². The summed E-state index contributed by atoms with van der Waals surface area (Å²) in [5, 5.41) is 0. The van der Waals surface area contributed by atoms with Gasteiger partial charge in [0.25, 0.3) is 0 Å². The Morgan fingerprint density at radius 2 is 1.75 bits per heavy atom. The van der Waals surface area contributed by atoms with E-state index in [-0.39, 0.29) is 5.91 Å². The summed E-state index contributed by atoms with van der Waals surface area (Å²) < 4.78 is 0. The highest BCUT2D eigenvalue weighted by Crippen LogP contribution is 2.28. The molecule has 3 rings (SSSR count). The molecule has 1 saturated heterocycles. The Balaban J connectivity index is 1.54. The van der Waals surface area contributed by atoms with E-state index >= 15 is 0 Å². The van der Waals surface area contributed by atoms with Gasteiger partial charge in [-0.1, -0.05) is 44.2 Å². The lowest BCUT2D eigenvalue weighted by atomic mass is 9.85. The largest absolute Gasteiger partial charge is 0.312 e. The maximum absolute atomic E-state index is 11.7. The molecule has 108 valence electrons. The highest BCUT2D eigenvalue weighted by atomic mass is 16.2. The van der Waals surface area contributed by atoms with E-state index in [9.17, 15) is 4.79 Å². The van der Waals surface area contributed by atoms with E-state index in [4.69, 9.17) is 0 Å². The van der Waals surface area contributed by atoms with Gasteiger partial charge in [-0.3, -0.25) is 4.79 Å². The molecule has 2 aliphatic rings. The van der Waals surface area contributed by atoms with E-state index in [1.54, 1.807) is 0 Å². The summed E-state index contributed by atoms with van der Waals surface area (Å²) in [6.45, 7) is 0.889. The van der Waals surface area contributed by atoms with Gasteiger partial charge in [0.15, 0.2) is 0 Å². The second kappa shape index (κ2) is 6.43. The van der Waals surface area contributed by atoms with Crippen LogP contribution in [0.5, 0.6) is 0 Å². The fourth-order valence-corrected chi connectivity index (χ4v) is 3.61. The summed E-state index contributed by atoms with van der Waals surface area (Å²) in [6, 6.07) is 8.67. The molecule has 1 aromatic rings. The zero-order valence-electron chi connectivity index (χ0n) is 12.3. The van der Waals surface area contributed by atoms with E-state index < -0.39 is 0 Å². The van der Waals surface area contributed by atoms with Crippen LogP contribution in [0, 0.1) is 5.92 Å². The lowest BCUT2D eigenvalue weighted by Gasteiger charge is -2.21. The van der Waals surface area contributed by atoms with Gasteiger partial charge in [-0.15, -0.1) is 0 Å². The summed E-state index contributed by atoms with van der Waals surface area (Å²) in [5.74, 6) is 1.23. The Kier molecular flexibility index (Phi) is 4.39. The first kappa shape index (κ1) is 13.7. The number of hydrogen-bond donors (Lipinski definition) is 0. The van der Waals surface area contributed by atoms with E-state index in [2.05, 4.69) is 24.3 Å². The smallest absolute Gasteiger partial charge is 0.227 e. The average molecular weight is 271 g/mol. The number of carbonyl (C=O) groups is 1. The average Bonchev–Trinajstić information content (AvgIpc) is 2.93. The van der Waals surface area contributed by atoms with Crippen LogP contribution in [0.1, 0.15) is 56.9 Å². The highest BCUT2D eigenvalue weighted by Gasteiger charge is 2.21. The molecule has 0 spiro atoms. The van der Waals surface area contributed by atoms with Crippen LogP contribution in [0.4, 0.5) is 5.69 Å². The van der Waals surface area contributed by atoms with Crippen molar-refractivity contribution in [1.82, 2.24) is 0 Å². The summed E-state index contributed by atoms with van der Waals surface area (Å²) in [6.07, 6.45) is 11.4. The molecule has 20 heavy (non-hydrogen) atoms. The standard InChI is InChI=1S/C18H25NO/c20-18-7-4-14-19(18)17-12-10-16(11-13-17)9-8-15-5-2-1-3-6-15/h10-13,15H,1-9,14H2. The van der Waals surface area contributed by atoms with Crippen molar-refractivity contribution in [1.29, 1.82) is 0 Å². The number of rotatable bonds is 4. The molecule has 0 N–H and O–H groups in total. The van der Waals surface area contributed by atoms with E-state index in [1.807, 2.05) is 4.90 Å². The molecule has 2 fully saturated rings. The molecule has 0 radical (unpaired) electrons. The molecular weight excluding hydrogens is 246 g/mol. The Labute approximate surface area is 122 Å². The van der Waals surface area contributed by atoms with E-state index in [0.29, 0.717) is 6.42 Å². The first-order valence-corrected chi connectivity index (χ1v) is 8.22. The van der Waals surface area contributed by atoms with Gasteiger partial charge in [-0.2, -0.15) is 0 Å².